The number of hydrogen-bond acceptors (Lipinski definition) is 2. The smallest absolute Gasteiger partial charge is 0.115 e. The lowest BCUT2D eigenvalue weighted by molar-refractivity contribution is 0.475. The van der Waals surface area contributed by atoms with Crippen LogP contribution in [0.25, 0.3) is 10.9 Å². The minimum absolute atomic E-state index is 0.271. The highest BCUT2D eigenvalue weighted by atomic mass is 16.3. The number of nitriles is 1. The fraction of sp³-hybridized carbons (Fsp3) is 0.0625. The summed E-state index contributed by atoms with van der Waals surface area (Å²) in [6.07, 6.45) is 1.98. The van der Waals surface area contributed by atoms with Crippen LogP contribution < -0.4 is 0 Å². The number of benzene rings is 2. The summed E-state index contributed by atoms with van der Waals surface area (Å²) in [5.41, 5.74) is 2.85. The van der Waals surface area contributed by atoms with Gasteiger partial charge in [-0.15, -0.1) is 0 Å². The van der Waals surface area contributed by atoms with Crippen LogP contribution in [0.3, 0.4) is 0 Å². The average Bonchev–Trinajstić information content (AvgIpc) is 2.84. The van der Waals surface area contributed by atoms with Crippen LogP contribution in [0.4, 0.5) is 0 Å². The molecule has 0 unspecified atom stereocenters. The summed E-state index contributed by atoms with van der Waals surface area (Å²) in [7, 11) is 0. The molecule has 0 amide bonds. The molecule has 19 heavy (non-hydrogen) atoms. The summed E-state index contributed by atoms with van der Waals surface area (Å²) in [6.45, 7) is 0.721. The van der Waals surface area contributed by atoms with Gasteiger partial charge in [0.25, 0.3) is 0 Å². The van der Waals surface area contributed by atoms with Crippen LogP contribution in [-0.2, 0) is 6.54 Å². The third kappa shape index (κ3) is 2.04. The van der Waals surface area contributed by atoms with Crippen LogP contribution in [0.2, 0.25) is 0 Å². The van der Waals surface area contributed by atoms with Crippen molar-refractivity contribution in [1.29, 1.82) is 5.26 Å². The number of phenols is 1. The minimum atomic E-state index is 0.271. The lowest BCUT2D eigenvalue weighted by Gasteiger charge is -2.06. The van der Waals surface area contributed by atoms with Crippen molar-refractivity contribution in [3.8, 4) is 11.8 Å². The maximum Gasteiger partial charge on any atom is 0.115 e. The molecule has 0 aliphatic rings. The summed E-state index contributed by atoms with van der Waals surface area (Å²) in [4.78, 5) is 0. The number of nitrogens with zero attached hydrogens (tertiary/aromatic N) is 2. The van der Waals surface area contributed by atoms with E-state index in [-0.39, 0.29) is 5.75 Å². The van der Waals surface area contributed by atoms with Crippen LogP contribution in [0.1, 0.15) is 11.1 Å². The summed E-state index contributed by atoms with van der Waals surface area (Å²) in [6, 6.07) is 17.1. The first-order chi connectivity index (χ1) is 9.28. The van der Waals surface area contributed by atoms with Gasteiger partial charge in [0.2, 0.25) is 0 Å². The Morgan fingerprint density at radius 2 is 1.84 bits per heavy atom. The van der Waals surface area contributed by atoms with E-state index >= 15 is 0 Å². The van der Waals surface area contributed by atoms with E-state index in [2.05, 4.69) is 10.6 Å². The molecule has 0 saturated carbocycles. The molecule has 0 atom stereocenters. The highest BCUT2D eigenvalue weighted by Crippen LogP contribution is 2.21. The molecular weight excluding hydrogens is 236 g/mol. The van der Waals surface area contributed by atoms with Gasteiger partial charge in [-0.1, -0.05) is 18.2 Å². The molecule has 0 aliphatic heterocycles. The van der Waals surface area contributed by atoms with Crippen molar-refractivity contribution in [3.05, 3.63) is 65.9 Å². The second-order valence-electron chi connectivity index (χ2n) is 4.46. The molecule has 0 bridgehead atoms. The van der Waals surface area contributed by atoms with Crippen LogP contribution >= 0.6 is 0 Å². The Hall–Kier alpha value is -2.73. The summed E-state index contributed by atoms with van der Waals surface area (Å²) < 4.78 is 2.10. The standard InChI is InChI=1S/C16H12N2O/c17-10-13-2-1-3-16-15(13)8-9-18(16)11-12-4-6-14(19)7-5-12/h1-9,19H,11H2. The topological polar surface area (TPSA) is 49.0 Å². The molecule has 0 aliphatic carbocycles. The van der Waals surface area contributed by atoms with Gasteiger partial charge in [0.15, 0.2) is 0 Å². The van der Waals surface area contributed by atoms with Crippen LogP contribution in [0, 0.1) is 11.3 Å². The van der Waals surface area contributed by atoms with Gasteiger partial charge in [0.05, 0.1) is 11.6 Å². The molecular formula is C16H12N2O. The van der Waals surface area contributed by atoms with E-state index in [1.165, 1.54) is 0 Å². The lowest BCUT2D eigenvalue weighted by atomic mass is 10.1. The molecule has 3 aromatic rings. The van der Waals surface area contributed by atoms with Gasteiger partial charge in [-0.05, 0) is 35.9 Å². The summed E-state index contributed by atoms with van der Waals surface area (Å²) >= 11 is 0. The maximum atomic E-state index is 9.28. The molecule has 1 heterocycles. The normalized spacial score (nSPS) is 10.5. The zero-order chi connectivity index (χ0) is 13.2. The van der Waals surface area contributed by atoms with Crippen molar-refractivity contribution >= 4 is 10.9 Å². The second-order valence-corrected chi connectivity index (χ2v) is 4.46. The molecule has 0 spiro atoms. The van der Waals surface area contributed by atoms with Gasteiger partial charge in [-0.3, -0.25) is 0 Å². The SMILES string of the molecule is N#Cc1cccc2c1ccn2Cc1ccc(O)cc1. The quantitative estimate of drug-likeness (QED) is 0.756. The first kappa shape index (κ1) is 11.4. The zero-order valence-electron chi connectivity index (χ0n) is 10.2. The molecule has 0 fully saturated rings. The van der Waals surface area contributed by atoms with Crippen molar-refractivity contribution in [3.63, 3.8) is 0 Å². The van der Waals surface area contributed by atoms with Gasteiger partial charge < -0.3 is 9.67 Å². The maximum absolute atomic E-state index is 9.28. The highest BCUT2D eigenvalue weighted by Gasteiger charge is 2.05. The largest absolute Gasteiger partial charge is 0.508 e. The second kappa shape index (κ2) is 4.51. The van der Waals surface area contributed by atoms with Gasteiger partial charge >= 0.3 is 0 Å². The molecule has 92 valence electrons. The first-order valence-electron chi connectivity index (χ1n) is 6.04. The van der Waals surface area contributed by atoms with Crippen LogP contribution in [0.15, 0.2) is 54.7 Å². The highest BCUT2D eigenvalue weighted by molar-refractivity contribution is 5.86. The van der Waals surface area contributed by atoms with Crippen molar-refractivity contribution in [1.82, 2.24) is 4.57 Å². The number of aromatic nitrogens is 1. The van der Waals surface area contributed by atoms with Gasteiger partial charge in [0.1, 0.15) is 5.75 Å². The molecule has 1 N–H and O–H groups in total. The number of hydrogen-bond donors (Lipinski definition) is 1. The molecule has 3 rings (SSSR count). The number of phenolic OH excluding ortho intramolecular Hbond substituents is 1. The van der Waals surface area contributed by atoms with Gasteiger partial charge in [-0.2, -0.15) is 5.26 Å². The van der Waals surface area contributed by atoms with E-state index in [0.717, 1.165) is 23.0 Å². The van der Waals surface area contributed by atoms with E-state index in [4.69, 9.17) is 5.26 Å². The third-order valence-electron chi connectivity index (χ3n) is 3.22. The monoisotopic (exact) mass is 248 g/mol. The van der Waals surface area contributed by atoms with E-state index in [1.54, 1.807) is 12.1 Å². The van der Waals surface area contributed by atoms with Crippen LogP contribution in [0.5, 0.6) is 5.75 Å². The van der Waals surface area contributed by atoms with Gasteiger partial charge in [0, 0.05) is 23.6 Å². The Morgan fingerprint density at radius 1 is 1.05 bits per heavy atom. The summed E-state index contributed by atoms with van der Waals surface area (Å²) in [5, 5.41) is 19.3. The predicted octanol–water partition coefficient (Wildman–Crippen LogP) is 3.27. The Morgan fingerprint density at radius 3 is 2.58 bits per heavy atom. The predicted molar refractivity (Wildman–Crippen MR) is 73.9 cm³/mol. The van der Waals surface area contributed by atoms with Crippen molar-refractivity contribution in [2.24, 2.45) is 0 Å². The minimum Gasteiger partial charge on any atom is -0.508 e. The van der Waals surface area contributed by atoms with Crippen molar-refractivity contribution in [2.45, 2.75) is 6.54 Å². The Labute approximate surface area is 111 Å². The molecule has 2 aromatic carbocycles. The Kier molecular flexibility index (Phi) is 2.70. The molecule has 0 saturated heterocycles. The Balaban J connectivity index is 2.02. The average molecular weight is 248 g/mol. The number of aromatic hydroxyl groups is 1. The van der Waals surface area contributed by atoms with Crippen LogP contribution in [-0.4, -0.2) is 9.67 Å². The molecule has 1 aromatic heterocycles. The van der Waals surface area contributed by atoms with Crippen molar-refractivity contribution < 1.29 is 5.11 Å². The van der Waals surface area contributed by atoms with E-state index in [1.807, 2.05) is 42.6 Å². The number of fused-ring (bicyclic) bond motifs is 1. The van der Waals surface area contributed by atoms with Crippen molar-refractivity contribution in [2.75, 3.05) is 0 Å². The molecule has 0 radical (unpaired) electrons. The van der Waals surface area contributed by atoms with E-state index in [0.29, 0.717) is 5.56 Å². The molecule has 3 nitrogen and oxygen atoms in total. The summed E-state index contributed by atoms with van der Waals surface area (Å²) in [5.74, 6) is 0.271. The fourth-order valence-corrected chi connectivity index (χ4v) is 2.26. The zero-order valence-corrected chi connectivity index (χ0v) is 10.2. The fourth-order valence-electron chi connectivity index (χ4n) is 2.26. The molecule has 3 heteroatoms. The third-order valence-corrected chi connectivity index (χ3v) is 3.22. The van der Waals surface area contributed by atoms with E-state index in [9.17, 15) is 5.11 Å². The Bertz CT molecular complexity index is 764. The first-order valence-corrected chi connectivity index (χ1v) is 6.04. The van der Waals surface area contributed by atoms with E-state index < -0.39 is 0 Å². The lowest BCUT2D eigenvalue weighted by Crippen LogP contribution is -1.97. The number of rotatable bonds is 2. The van der Waals surface area contributed by atoms with Gasteiger partial charge in [-0.25, -0.2) is 0 Å².